The Hall–Kier alpha value is -0.860. The second kappa shape index (κ2) is 4.79. The number of carbonyl (C=O) groups excluding carboxylic acids is 2. The Bertz CT molecular complexity index is 324. The smallest absolute Gasteiger partial charge is 0.230 e. The van der Waals surface area contributed by atoms with E-state index in [1.807, 2.05) is 0 Å². The molecule has 0 aromatic heterocycles. The molecule has 2 fully saturated rings. The van der Waals surface area contributed by atoms with Gasteiger partial charge in [-0.15, -0.1) is 0 Å². The zero-order valence-corrected chi connectivity index (χ0v) is 11.0. The first kappa shape index (κ1) is 12.6. The second-order valence-corrected chi connectivity index (χ2v) is 6.21. The van der Waals surface area contributed by atoms with E-state index in [1.165, 1.54) is 12.8 Å². The van der Waals surface area contributed by atoms with Crippen molar-refractivity contribution in [2.45, 2.75) is 46.5 Å². The molecule has 3 heteroatoms. The molecule has 1 aliphatic heterocycles. The van der Waals surface area contributed by atoms with E-state index in [9.17, 15) is 9.59 Å². The molecule has 96 valence electrons. The van der Waals surface area contributed by atoms with Crippen molar-refractivity contribution in [3.05, 3.63) is 0 Å². The molecule has 0 aromatic rings. The number of amides is 2. The molecular weight excluding hydrogens is 214 g/mol. The average molecular weight is 237 g/mol. The maximum atomic E-state index is 11.8. The van der Waals surface area contributed by atoms with Gasteiger partial charge >= 0.3 is 0 Å². The molecular formula is C14H23NO2. The van der Waals surface area contributed by atoms with Gasteiger partial charge in [0.05, 0.1) is 5.92 Å². The van der Waals surface area contributed by atoms with Gasteiger partial charge in [0.25, 0.3) is 0 Å². The summed E-state index contributed by atoms with van der Waals surface area (Å²) in [5.74, 6) is 2.14. The van der Waals surface area contributed by atoms with Crippen molar-refractivity contribution in [3.8, 4) is 0 Å². The van der Waals surface area contributed by atoms with Crippen LogP contribution in [0.2, 0.25) is 0 Å². The minimum absolute atomic E-state index is 0.0280. The van der Waals surface area contributed by atoms with Crippen molar-refractivity contribution in [2.24, 2.45) is 29.6 Å². The quantitative estimate of drug-likeness (QED) is 0.749. The summed E-state index contributed by atoms with van der Waals surface area (Å²) in [5.41, 5.74) is 0. The molecule has 2 amide bonds. The normalized spacial score (nSPS) is 38.6. The molecule has 4 atom stereocenters. The third-order valence-electron chi connectivity index (χ3n) is 4.60. The predicted octanol–water partition coefficient (Wildman–Crippen LogP) is 2.36. The van der Waals surface area contributed by atoms with Crippen LogP contribution in [0.25, 0.3) is 0 Å². The molecule has 1 saturated heterocycles. The van der Waals surface area contributed by atoms with Crippen LogP contribution in [0.5, 0.6) is 0 Å². The standard InChI is InChI=1S/C14H23NO2/c1-8(2)10-5-4-9(3)6-11(10)12-7-13(16)15-14(12)17/h8-12H,4-7H2,1-3H3,(H,15,16,17). The van der Waals surface area contributed by atoms with E-state index in [2.05, 4.69) is 26.1 Å². The van der Waals surface area contributed by atoms with Crippen LogP contribution in [0, 0.1) is 29.6 Å². The first-order chi connectivity index (χ1) is 7.99. The van der Waals surface area contributed by atoms with Gasteiger partial charge in [-0.1, -0.05) is 27.2 Å². The van der Waals surface area contributed by atoms with Gasteiger partial charge in [0.2, 0.25) is 11.8 Å². The monoisotopic (exact) mass is 237 g/mol. The zero-order chi connectivity index (χ0) is 12.6. The van der Waals surface area contributed by atoms with E-state index in [1.54, 1.807) is 0 Å². The fourth-order valence-electron chi connectivity index (χ4n) is 3.66. The van der Waals surface area contributed by atoms with Crippen molar-refractivity contribution in [3.63, 3.8) is 0 Å². The SMILES string of the molecule is CC1CCC(C(C)C)C(C2CC(=O)NC2=O)C1. The number of hydrogen-bond donors (Lipinski definition) is 1. The van der Waals surface area contributed by atoms with Crippen LogP contribution in [-0.4, -0.2) is 11.8 Å². The number of hydrogen-bond acceptors (Lipinski definition) is 2. The molecule has 17 heavy (non-hydrogen) atoms. The van der Waals surface area contributed by atoms with Crippen molar-refractivity contribution < 1.29 is 9.59 Å². The van der Waals surface area contributed by atoms with E-state index in [-0.39, 0.29) is 17.7 Å². The van der Waals surface area contributed by atoms with Gasteiger partial charge in [-0.05, 0) is 36.5 Å². The highest BCUT2D eigenvalue weighted by Gasteiger charge is 2.43. The summed E-state index contributed by atoms with van der Waals surface area (Å²) in [6.45, 7) is 6.74. The molecule has 0 bridgehead atoms. The lowest BCUT2D eigenvalue weighted by molar-refractivity contribution is -0.127. The summed E-state index contributed by atoms with van der Waals surface area (Å²) in [6.07, 6.45) is 4.00. The van der Waals surface area contributed by atoms with Gasteiger partial charge in [-0.2, -0.15) is 0 Å². The molecule has 1 saturated carbocycles. The number of nitrogens with one attached hydrogen (secondary N) is 1. The van der Waals surface area contributed by atoms with Crippen molar-refractivity contribution >= 4 is 11.8 Å². The Morgan fingerprint density at radius 3 is 2.47 bits per heavy atom. The van der Waals surface area contributed by atoms with Crippen LogP contribution in [0.1, 0.15) is 46.5 Å². The topological polar surface area (TPSA) is 46.2 Å². The molecule has 2 aliphatic rings. The largest absolute Gasteiger partial charge is 0.296 e. The number of imide groups is 1. The van der Waals surface area contributed by atoms with E-state index in [0.29, 0.717) is 30.1 Å². The van der Waals surface area contributed by atoms with Crippen LogP contribution in [0.4, 0.5) is 0 Å². The molecule has 0 aromatic carbocycles. The van der Waals surface area contributed by atoms with Gasteiger partial charge in [0.1, 0.15) is 0 Å². The maximum Gasteiger partial charge on any atom is 0.230 e. The first-order valence-corrected chi connectivity index (χ1v) is 6.82. The molecule has 4 unspecified atom stereocenters. The lowest BCUT2D eigenvalue weighted by Crippen LogP contribution is -2.36. The van der Waals surface area contributed by atoms with Crippen LogP contribution in [0.3, 0.4) is 0 Å². The third kappa shape index (κ3) is 2.53. The highest BCUT2D eigenvalue weighted by Crippen LogP contribution is 2.43. The van der Waals surface area contributed by atoms with E-state index in [0.717, 1.165) is 6.42 Å². The number of rotatable bonds is 2. The summed E-state index contributed by atoms with van der Waals surface area (Å²) in [4.78, 5) is 23.2. The summed E-state index contributed by atoms with van der Waals surface area (Å²) < 4.78 is 0. The van der Waals surface area contributed by atoms with Crippen LogP contribution >= 0.6 is 0 Å². The molecule has 1 aliphatic carbocycles. The number of carbonyl (C=O) groups is 2. The van der Waals surface area contributed by atoms with Crippen LogP contribution in [-0.2, 0) is 9.59 Å². The lowest BCUT2D eigenvalue weighted by Gasteiger charge is -2.39. The minimum atomic E-state index is -0.0827. The predicted molar refractivity (Wildman–Crippen MR) is 66.1 cm³/mol. The molecule has 0 spiro atoms. The van der Waals surface area contributed by atoms with E-state index < -0.39 is 0 Å². The first-order valence-electron chi connectivity index (χ1n) is 6.82. The zero-order valence-electron chi connectivity index (χ0n) is 11.0. The summed E-state index contributed by atoms with van der Waals surface area (Å²) in [7, 11) is 0. The molecule has 1 heterocycles. The summed E-state index contributed by atoms with van der Waals surface area (Å²) in [6, 6.07) is 0. The highest BCUT2D eigenvalue weighted by atomic mass is 16.2. The molecule has 1 N–H and O–H groups in total. The van der Waals surface area contributed by atoms with Crippen molar-refractivity contribution in [2.75, 3.05) is 0 Å². The van der Waals surface area contributed by atoms with Crippen LogP contribution < -0.4 is 5.32 Å². The fourth-order valence-corrected chi connectivity index (χ4v) is 3.66. The van der Waals surface area contributed by atoms with Gasteiger partial charge in [-0.25, -0.2) is 0 Å². The Morgan fingerprint density at radius 1 is 1.24 bits per heavy atom. The lowest BCUT2D eigenvalue weighted by atomic mass is 9.65. The molecule has 3 nitrogen and oxygen atoms in total. The van der Waals surface area contributed by atoms with Crippen molar-refractivity contribution in [1.29, 1.82) is 0 Å². The highest BCUT2D eigenvalue weighted by molar-refractivity contribution is 6.03. The molecule has 2 rings (SSSR count). The van der Waals surface area contributed by atoms with Crippen molar-refractivity contribution in [1.82, 2.24) is 5.32 Å². The average Bonchev–Trinajstić information content (AvgIpc) is 2.57. The van der Waals surface area contributed by atoms with Crippen LogP contribution in [0.15, 0.2) is 0 Å². The Labute approximate surface area is 103 Å². The Morgan fingerprint density at radius 2 is 1.94 bits per heavy atom. The minimum Gasteiger partial charge on any atom is -0.296 e. The Kier molecular flexibility index (Phi) is 3.55. The van der Waals surface area contributed by atoms with E-state index in [4.69, 9.17) is 0 Å². The fraction of sp³-hybridized carbons (Fsp3) is 0.857. The third-order valence-corrected chi connectivity index (χ3v) is 4.60. The van der Waals surface area contributed by atoms with Gasteiger partial charge in [0, 0.05) is 6.42 Å². The van der Waals surface area contributed by atoms with Gasteiger partial charge in [0.15, 0.2) is 0 Å². The van der Waals surface area contributed by atoms with E-state index >= 15 is 0 Å². The van der Waals surface area contributed by atoms with Gasteiger partial charge < -0.3 is 0 Å². The summed E-state index contributed by atoms with van der Waals surface area (Å²) >= 11 is 0. The van der Waals surface area contributed by atoms with Gasteiger partial charge in [-0.3, -0.25) is 14.9 Å². The molecule has 0 radical (unpaired) electrons. The Balaban J connectivity index is 2.14. The summed E-state index contributed by atoms with van der Waals surface area (Å²) in [5, 5.41) is 2.46. The second-order valence-electron chi connectivity index (χ2n) is 6.21. The maximum absolute atomic E-state index is 11.8.